The second-order valence-corrected chi connectivity index (χ2v) is 8.62. The Labute approximate surface area is 172 Å². The van der Waals surface area contributed by atoms with Crippen molar-refractivity contribution in [1.29, 1.82) is 0 Å². The predicted molar refractivity (Wildman–Crippen MR) is 113 cm³/mol. The molecule has 5 rings (SSSR count). The maximum absolute atomic E-state index is 12.8. The van der Waals surface area contributed by atoms with E-state index in [-0.39, 0.29) is 6.03 Å². The Balaban J connectivity index is 1.27. The molecule has 0 radical (unpaired) electrons. The summed E-state index contributed by atoms with van der Waals surface area (Å²) in [5.41, 5.74) is 4.98. The van der Waals surface area contributed by atoms with E-state index in [1.54, 1.807) is 6.33 Å². The number of aromatic nitrogens is 2. The largest absolute Gasteiger partial charge is 0.366 e. The van der Waals surface area contributed by atoms with Crippen molar-refractivity contribution in [2.45, 2.75) is 70.0 Å². The molecular weight excluding hydrogens is 362 g/mol. The SMILES string of the molecule is O=C(NC1CCCCC1)N1CCc2ncnc(NC3Cc4ccccc4C3)c2C1. The Morgan fingerprint density at radius 1 is 1.00 bits per heavy atom. The number of carbonyl (C=O) groups is 1. The first-order chi connectivity index (χ1) is 14.3. The predicted octanol–water partition coefficient (Wildman–Crippen LogP) is 3.46. The van der Waals surface area contributed by atoms with E-state index in [0.717, 1.165) is 55.7 Å². The summed E-state index contributed by atoms with van der Waals surface area (Å²) in [5.74, 6) is 0.892. The zero-order valence-corrected chi connectivity index (χ0v) is 16.9. The van der Waals surface area contributed by atoms with E-state index >= 15 is 0 Å². The Bertz CT molecular complexity index is 868. The number of nitrogens with one attached hydrogen (secondary N) is 2. The van der Waals surface area contributed by atoms with E-state index in [1.807, 2.05) is 4.90 Å². The highest BCUT2D eigenvalue weighted by molar-refractivity contribution is 5.75. The summed E-state index contributed by atoms with van der Waals surface area (Å²) in [6.45, 7) is 1.30. The third-order valence-electron chi connectivity index (χ3n) is 6.61. The minimum absolute atomic E-state index is 0.0608. The number of anilines is 1. The van der Waals surface area contributed by atoms with Gasteiger partial charge in [-0.3, -0.25) is 0 Å². The Morgan fingerprint density at radius 3 is 2.52 bits per heavy atom. The van der Waals surface area contributed by atoms with Crippen LogP contribution in [-0.2, 0) is 25.8 Å². The number of hydrogen-bond acceptors (Lipinski definition) is 4. The second-order valence-electron chi connectivity index (χ2n) is 8.62. The van der Waals surface area contributed by atoms with Gasteiger partial charge in [-0.1, -0.05) is 43.5 Å². The lowest BCUT2D eigenvalue weighted by molar-refractivity contribution is 0.184. The van der Waals surface area contributed by atoms with Crippen LogP contribution in [0.4, 0.5) is 10.6 Å². The van der Waals surface area contributed by atoms with Crippen LogP contribution in [0.15, 0.2) is 30.6 Å². The lowest BCUT2D eigenvalue weighted by atomic mass is 9.95. The van der Waals surface area contributed by atoms with Crippen molar-refractivity contribution in [2.75, 3.05) is 11.9 Å². The number of nitrogens with zero attached hydrogens (tertiary/aromatic N) is 3. The summed E-state index contributed by atoms with van der Waals surface area (Å²) in [5, 5.41) is 6.90. The van der Waals surface area contributed by atoms with Crippen molar-refractivity contribution in [1.82, 2.24) is 20.2 Å². The fourth-order valence-corrected chi connectivity index (χ4v) is 5.01. The van der Waals surface area contributed by atoms with Crippen LogP contribution in [0.2, 0.25) is 0 Å². The van der Waals surface area contributed by atoms with Crippen LogP contribution in [0.1, 0.15) is 54.5 Å². The van der Waals surface area contributed by atoms with Crippen LogP contribution in [0, 0.1) is 0 Å². The fraction of sp³-hybridized carbons (Fsp3) is 0.522. The summed E-state index contributed by atoms with van der Waals surface area (Å²) < 4.78 is 0. The molecule has 2 heterocycles. The van der Waals surface area contributed by atoms with Gasteiger partial charge in [0.15, 0.2) is 0 Å². The highest BCUT2D eigenvalue weighted by Gasteiger charge is 2.28. The van der Waals surface area contributed by atoms with Crippen LogP contribution in [0.25, 0.3) is 0 Å². The molecule has 0 unspecified atom stereocenters. The number of fused-ring (bicyclic) bond motifs is 2. The van der Waals surface area contributed by atoms with E-state index in [2.05, 4.69) is 44.9 Å². The number of urea groups is 1. The Morgan fingerprint density at radius 2 is 1.76 bits per heavy atom. The molecule has 6 nitrogen and oxygen atoms in total. The van der Waals surface area contributed by atoms with Gasteiger partial charge in [-0.05, 0) is 36.8 Å². The first-order valence-corrected chi connectivity index (χ1v) is 11.0. The Kier molecular flexibility index (Phi) is 5.08. The summed E-state index contributed by atoms with van der Waals surface area (Å²) >= 11 is 0. The van der Waals surface area contributed by atoms with Crippen LogP contribution in [0.3, 0.4) is 0 Å². The molecule has 2 amide bonds. The van der Waals surface area contributed by atoms with Gasteiger partial charge in [-0.2, -0.15) is 0 Å². The van der Waals surface area contributed by atoms with Gasteiger partial charge in [-0.15, -0.1) is 0 Å². The number of amides is 2. The summed E-state index contributed by atoms with van der Waals surface area (Å²) in [6, 6.07) is 9.38. The molecule has 152 valence electrons. The molecule has 2 aliphatic carbocycles. The first kappa shape index (κ1) is 18.4. The van der Waals surface area contributed by atoms with Gasteiger partial charge in [0.05, 0.1) is 12.2 Å². The van der Waals surface area contributed by atoms with E-state index in [4.69, 9.17) is 0 Å². The molecule has 3 aliphatic rings. The molecule has 0 saturated heterocycles. The number of carbonyl (C=O) groups excluding carboxylic acids is 1. The second kappa shape index (κ2) is 8.01. The smallest absolute Gasteiger partial charge is 0.317 e. The van der Waals surface area contributed by atoms with Crippen LogP contribution >= 0.6 is 0 Å². The Hall–Kier alpha value is -2.63. The summed E-state index contributed by atoms with van der Waals surface area (Å²) in [6.07, 6.45) is 10.4. The normalized spacial score (nSPS) is 19.5. The van der Waals surface area contributed by atoms with Gasteiger partial charge >= 0.3 is 6.03 Å². The maximum atomic E-state index is 12.8. The minimum Gasteiger partial charge on any atom is -0.366 e. The quantitative estimate of drug-likeness (QED) is 0.841. The molecule has 2 N–H and O–H groups in total. The monoisotopic (exact) mass is 391 g/mol. The molecule has 1 aromatic carbocycles. The minimum atomic E-state index is 0.0608. The topological polar surface area (TPSA) is 70.2 Å². The maximum Gasteiger partial charge on any atom is 0.317 e. The van der Waals surface area contributed by atoms with Crippen molar-refractivity contribution in [3.63, 3.8) is 0 Å². The summed E-state index contributed by atoms with van der Waals surface area (Å²) in [4.78, 5) is 23.8. The molecule has 2 aromatic rings. The lowest BCUT2D eigenvalue weighted by Crippen LogP contribution is -2.47. The number of hydrogen-bond donors (Lipinski definition) is 2. The van der Waals surface area contributed by atoms with Crippen molar-refractivity contribution in [3.05, 3.63) is 53.0 Å². The first-order valence-electron chi connectivity index (χ1n) is 11.0. The number of benzene rings is 1. The van der Waals surface area contributed by atoms with Crippen LogP contribution in [0.5, 0.6) is 0 Å². The molecule has 6 heteroatoms. The van der Waals surface area contributed by atoms with Crippen molar-refractivity contribution in [2.24, 2.45) is 0 Å². The lowest BCUT2D eigenvalue weighted by Gasteiger charge is -2.32. The highest BCUT2D eigenvalue weighted by atomic mass is 16.2. The molecule has 1 aliphatic heterocycles. The number of rotatable bonds is 3. The average Bonchev–Trinajstić information content (AvgIpc) is 3.17. The molecule has 1 saturated carbocycles. The van der Waals surface area contributed by atoms with E-state index < -0.39 is 0 Å². The van der Waals surface area contributed by atoms with Crippen LogP contribution in [-0.4, -0.2) is 39.5 Å². The van der Waals surface area contributed by atoms with Gasteiger partial charge in [-0.25, -0.2) is 14.8 Å². The molecule has 0 spiro atoms. The zero-order chi connectivity index (χ0) is 19.6. The fourth-order valence-electron chi connectivity index (χ4n) is 5.01. The van der Waals surface area contributed by atoms with Gasteiger partial charge in [0, 0.05) is 30.6 Å². The molecule has 0 bridgehead atoms. The average molecular weight is 392 g/mol. The van der Waals surface area contributed by atoms with Gasteiger partial charge in [0.1, 0.15) is 12.1 Å². The third-order valence-corrected chi connectivity index (χ3v) is 6.61. The molecule has 1 fully saturated rings. The van der Waals surface area contributed by atoms with Gasteiger partial charge in [0.2, 0.25) is 0 Å². The zero-order valence-electron chi connectivity index (χ0n) is 16.9. The highest BCUT2D eigenvalue weighted by Crippen LogP contribution is 2.28. The molecule has 1 aromatic heterocycles. The molecular formula is C23H29N5O. The van der Waals surface area contributed by atoms with Gasteiger partial charge in [0.25, 0.3) is 0 Å². The van der Waals surface area contributed by atoms with Crippen molar-refractivity contribution < 1.29 is 4.79 Å². The molecule has 0 atom stereocenters. The summed E-state index contributed by atoms with van der Waals surface area (Å²) in [7, 11) is 0. The van der Waals surface area contributed by atoms with Gasteiger partial charge < -0.3 is 15.5 Å². The van der Waals surface area contributed by atoms with E-state index in [9.17, 15) is 4.79 Å². The molecule has 29 heavy (non-hydrogen) atoms. The third kappa shape index (κ3) is 3.93. The standard InChI is InChI=1S/C23H29N5O/c29-23(27-18-8-2-1-3-9-18)28-11-10-21-20(14-28)22(25-15-24-21)26-19-12-16-6-4-5-7-17(16)13-19/h4-7,15,18-19H,1-3,8-14H2,(H,27,29)(H,24,25,26). The van der Waals surface area contributed by atoms with E-state index in [0.29, 0.717) is 18.6 Å². The van der Waals surface area contributed by atoms with Crippen LogP contribution < -0.4 is 10.6 Å². The van der Waals surface area contributed by atoms with E-state index in [1.165, 1.54) is 30.4 Å². The van der Waals surface area contributed by atoms with Crippen molar-refractivity contribution in [3.8, 4) is 0 Å². The van der Waals surface area contributed by atoms with Crippen molar-refractivity contribution >= 4 is 11.8 Å².